The number of aliphatic hydroxyl groups excluding tert-OH is 1. The van der Waals surface area contributed by atoms with Crippen LogP contribution in [0, 0.1) is 29.5 Å². The van der Waals surface area contributed by atoms with E-state index in [2.05, 4.69) is 21.7 Å². The van der Waals surface area contributed by atoms with E-state index in [9.17, 15) is 19.4 Å². The fourth-order valence-electron chi connectivity index (χ4n) is 5.29. The first-order chi connectivity index (χ1) is 18.3. The molecule has 3 atom stereocenters. The van der Waals surface area contributed by atoms with Crippen LogP contribution in [0.5, 0.6) is 5.75 Å². The number of nitrogens with zero attached hydrogens (tertiary/aromatic N) is 2. The fraction of sp³-hybridized carbons (Fsp3) is 0.400. The summed E-state index contributed by atoms with van der Waals surface area (Å²) in [6.45, 7) is 2.08. The number of pyridine rings is 1. The summed E-state index contributed by atoms with van der Waals surface area (Å²) in [5, 5.41) is 21.6. The summed E-state index contributed by atoms with van der Waals surface area (Å²) in [5.41, 5.74) is 2.15. The number of likely N-dealkylation sites (tertiary alicyclic amines) is 1. The van der Waals surface area contributed by atoms with Gasteiger partial charge in [0, 0.05) is 35.1 Å². The number of hydrogen-bond donors (Lipinski definition) is 2. The number of carboxylic acids is 1. The Balaban J connectivity index is 1.40. The van der Waals surface area contributed by atoms with Gasteiger partial charge in [-0.1, -0.05) is 23.4 Å². The highest BCUT2D eigenvalue weighted by molar-refractivity contribution is 6.30. The van der Waals surface area contributed by atoms with E-state index in [1.165, 1.54) is 12.1 Å². The number of aliphatic hydroxyl groups is 1. The molecule has 6 nitrogen and oxygen atoms in total. The van der Waals surface area contributed by atoms with Crippen LogP contribution < -0.4 is 4.74 Å². The Labute approximate surface area is 227 Å². The van der Waals surface area contributed by atoms with Gasteiger partial charge in [-0.3, -0.25) is 14.7 Å². The molecule has 0 bridgehead atoms. The first kappa shape index (κ1) is 27.8. The summed E-state index contributed by atoms with van der Waals surface area (Å²) in [6.07, 6.45) is 4.00. The van der Waals surface area contributed by atoms with E-state index in [0.29, 0.717) is 41.6 Å². The van der Waals surface area contributed by atoms with Crippen LogP contribution in [0.3, 0.4) is 0 Å². The van der Waals surface area contributed by atoms with Gasteiger partial charge in [-0.2, -0.15) is 0 Å². The van der Waals surface area contributed by atoms with Crippen molar-refractivity contribution in [1.29, 1.82) is 0 Å². The first-order valence-electron chi connectivity index (χ1n) is 12.8. The third-order valence-corrected chi connectivity index (χ3v) is 7.47. The minimum Gasteiger partial charge on any atom is -0.497 e. The van der Waals surface area contributed by atoms with E-state index in [4.69, 9.17) is 16.3 Å². The standard InChI is InChI=1S/C30H32ClFN2O4/c1-38-25-6-7-28-27(18-25)26(10-12-33-28)29(35)8-4-21-11-14-34(19-22(21)5-9-30(36)37)13-2-3-20-15-23(31)17-24(32)16-20/h6-7,10,12,15-18,21-22,29,35H,4-5,8-9,11,13-14,19H2,1H3,(H,36,37)/t21-,22-,29-/m1/s1. The predicted octanol–water partition coefficient (Wildman–Crippen LogP) is 5.70. The Morgan fingerprint density at radius 3 is 2.84 bits per heavy atom. The van der Waals surface area contributed by atoms with E-state index in [0.717, 1.165) is 42.4 Å². The van der Waals surface area contributed by atoms with Crippen molar-refractivity contribution in [2.75, 3.05) is 26.7 Å². The molecule has 1 aliphatic rings. The maximum Gasteiger partial charge on any atom is 0.303 e. The molecule has 38 heavy (non-hydrogen) atoms. The van der Waals surface area contributed by atoms with Gasteiger partial charge in [0.1, 0.15) is 11.6 Å². The number of piperidine rings is 1. The molecule has 3 aromatic rings. The monoisotopic (exact) mass is 538 g/mol. The van der Waals surface area contributed by atoms with Crippen molar-refractivity contribution in [1.82, 2.24) is 9.88 Å². The topological polar surface area (TPSA) is 82.9 Å². The van der Waals surface area contributed by atoms with Gasteiger partial charge in [-0.15, -0.1) is 0 Å². The summed E-state index contributed by atoms with van der Waals surface area (Å²) in [6, 6.07) is 11.7. The summed E-state index contributed by atoms with van der Waals surface area (Å²) < 4.78 is 18.9. The fourth-order valence-corrected chi connectivity index (χ4v) is 5.51. The molecule has 1 fully saturated rings. The molecular formula is C30H32ClFN2O4. The molecule has 4 rings (SSSR count). The highest BCUT2D eigenvalue weighted by Gasteiger charge is 2.30. The van der Waals surface area contributed by atoms with Gasteiger partial charge in [0.15, 0.2) is 0 Å². The molecule has 0 unspecified atom stereocenters. The Hall–Kier alpha value is -3.18. The normalized spacial score (nSPS) is 18.5. The second-order valence-corrected chi connectivity index (χ2v) is 10.2. The molecule has 2 heterocycles. The zero-order valence-corrected chi connectivity index (χ0v) is 22.1. The number of aromatic nitrogens is 1. The largest absolute Gasteiger partial charge is 0.497 e. The van der Waals surface area contributed by atoms with Gasteiger partial charge in [-0.05, 0) is 92.1 Å². The lowest BCUT2D eigenvalue weighted by molar-refractivity contribution is -0.137. The van der Waals surface area contributed by atoms with Crippen LogP contribution in [0.4, 0.5) is 4.39 Å². The van der Waals surface area contributed by atoms with Crippen molar-refractivity contribution >= 4 is 28.5 Å². The number of ether oxygens (including phenoxy) is 1. The van der Waals surface area contributed by atoms with Crippen molar-refractivity contribution in [3.63, 3.8) is 0 Å². The maximum atomic E-state index is 13.6. The molecule has 200 valence electrons. The smallest absolute Gasteiger partial charge is 0.303 e. The van der Waals surface area contributed by atoms with Crippen LogP contribution in [0.2, 0.25) is 5.02 Å². The van der Waals surface area contributed by atoms with E-state index < -0.39 is 17.9 Å². The van der Waals surface area contributed by atoms with Crippen LogP contribution in [0.1, 0.15) is 49.3 Å². The predicted molar refractivity (Wildman–Crippen MR) is 146 cm³/mol. The number of benzene rings is 2. The van der Waals surface area contributed by atoms with Crippen LogP contribution in [-0.4, -0.2) is 52.8 Å². The van der Waals surface area contributed by atoms with Crippen molar-refractivity contribution in [2.24, 2.45) is 11.8 Å². The summed E-state index contributed by atoms with van der Waals surface area (Å²) in [7, 11) is 1.61. The van der Waals surface area contributed by atoms with Gasteiger partial charge in [0.05, 0.1) is 25.3 Å². The van der Waals surface area contributed by atoms with E-state index in [1.54, 1.807) is 19.4 Å². The van der Waals surface area contributed by atoms with Gasteiger partial charge in [0.2, 0.25) is 0 Å². The maximum absolute atomic E-state index is 13.6. The van der Waals surface area contributed by atoms with E-state index in [-0.39, 0.29) is 12.3 Å². The van der Waals surface area contributed by atoms with Crippen molar-refractivity contribution in [3.05, 3.63) is 70.6 Å². The lowest BCUT2D eigenvalue weighted by Gasteiger charge is -2.38. The van der Waals surface area contributed by atoms with Crippen molar-refractivity contribution in [2.45, 2.75) is 38.2 Å². The number of carbonyl (C=O) groups is 1. The van der Waals surface area contributed by atoms with Crippen LogP contribution >= 0.6 is 11.6 Å². The molecule has 2 N–H and O–H groups in total. The molecule has 0 spiro atoms. The van der Waals surface area contributed by atoms with Crippen LogP contribution in [0.15, 0.2) is 48.7 Å². The number of hydrogen-bond acceptors (Lipinski definition) is 5. The molecule has 0 amide bonds. The first-order valence-corrected chi connectivity index (χ1v) is 13.2. The molecule has 0 saturated carbocycles. The Kier molecular flexibility index (Phi) is 9.57. The van der Waals surface area contributed by atoms with Gasteiger partial charge in [0.25, 0.3) is 0 Å². The number of aliphatic carboxylic acids is 1. The molecular weight excluding hydrogens is 507 g/mol. The molecule has 1 aliphatic heterocycles. The second kappa shape index (κ2) is 13.1. The Morgan fingerprint density at radius 2 is 2.08 bits per heavy atom. The molecule has 8 heteroatoms. The summed E-state index contributed by atoms with van der Waals surface area (Å²) in [5.74, 6) is 6.05. The van der Waals surface area contributed by atoms with E-state index >= 15 is 0 Å². The minimum absolute atomic E-state index is 0.111. The highest BCUT2D eigenvalue weighted by Crippen LogP contribution is 2.35. The number of halogens is 2. The molecule has 0 aliphatic carbocycles. The quantitative estimate of drug-likeness (QED) is 0.340. The van der Waals surface area contributed by atoms with Gasteiger partial charge in [-0.25, -0.2) is 4.39 Å². The lowest BCUT2D eigenvalue weighted by Crippen LogP contribution is -2.41. The minimum atomic E-state index is -0.805. The molecule has 0 radical (unpaired) electrons. The second-order valence-electron chi connectivity index (χ2n) is 9.81. The van der Waals surface area contributed by atoms with Gasteiger partial charge < -0.3 is 14.9 Å². The molecule has 1 aromatic heterocycles. The zero-order chi connectivity index (χ0) is 27.1. The van der Waals surface area contributed by atoms with Crippen LogP contribution in [0.25, 0.3) is 10.9 Å². The highest BCUT2D eigenvalue weighted by atomic mass is 35.5. The molecule has 1 saturated heterocycles. The SMILES string of the molecule is COc1ccc2nccc([C@H](O)CC[C@@H]3CCN(CC#Cc4cc(F)cc(Cl)c4)C[C@H]3CCC(=O)O)c2c1. The van der Waals surface area contributed by atoms with Gasteiger partial charge >= 0.3 is 5.97 Å². The third kappa shape index (κ3) is 7.44. The number of rotatable bonds is 9. The Bertz CT molecular complexity index is 1320. The van der Waals surface area contributed by atoms with Crippen LogP contribution in [-0.2, 0) is 4.79 Å². The Morgan fingerprint density at radius 1 is 1.24 bits per heavy atom. The number of fused-ring (bicyclic) bond motifs is 1. The third-order valence-electron chi connectivity index (χ3n) is 7.25. The zero-order valence-electron chi connectivity index (χ0n) is 21.4. The number of methoxy groups -OCH3 is 1. The lowest BCUT2D eigenvalue weighted by atomic mass is 9.79. The van der Waals surface area contributed by atoms with E-state index in [1.807, 2.05) is 24.3 Å². The average Bonchev–Trinajstić information content (AvgIpc) is 2.89. The molecule has 2 aromatic carbocycles. The summed E-state index contributed by atoms with van der Waals surface area (Å²) in [4.78, 5) is 17.9. The van der Waals surface area contributed by atoms with Crippen molar-refractivity contribution < 1.29 is 24.1 Å². The van der Waals surface area contributed by atoms with Crippen molar-refractivity contribution in [3.8, 4) is 17.6 Å². The number of carboxylic acid groups (broad SMARTS) is 1. The average molecular weight is 539 g/mol. The summed E-state index contributed by atoms with van der Waals surface area (Å²) >= 11 is 5.91.